The molecule has 1 aromatic carbocycles. The monoisotopic (exact) mass is 346 g/mol. The number of hydrogen-bond donors (Lipinski definition) is 1. The molecule has 0 bridgehead atoms. The Kier molecular flexibility index (Phi) is 5.30. The molecule has 0 aliphatic heterocycles. The number of H-pyrrole nitrogens is 1. The number of benzene rings is 1. The van der Waals surface area contributed by atoms with Crippen LogP contribution in [0.2, 0.25) is 0 Å². The van der Waals surface area contributed by atoms with Gasteiger partial charge in [0.05, 0.1) is 17.8 Å². The third-order valence-corrected chi connectivity index (χ3v) is 5.08. The highest BCUT2D eigenvalue weighted by Crippen LogP contribution is 2.24. The van der Waals surface area contributed by atoms with Crippen LogP contribution in [-0.2, 0) is 12.2 Å². The molecule has 0 saturated heterocycles. The van der Waals surface area contributed by atoms with Crippen LogP contribution < -0.4 is 4.74 Å². The summed E-state index contributed by atoms with van der Waals surface area (Å²) in [5.41, 5.74) is 2.09. The predicted molar refractivity (Wildman–Crippen MR) is 94.0 cm³/mol. The van der Waals surface area contributed by atoms with E-state index < -0.39 is 0 Å². The lowest BCUT2D eigenvalue weighted by molar-refractivity contribution is 0.415. The van der Waals surface area contributed by atoms with Crippen LogP contribution in [0.25, 0.3) is 11.4 Å². The van der Waals surface area contributed by atoms with E-state index in [4.69, 9.17) is 4.74 Å². The number of nitrogens with one attached hydrogen (secondary N) is 1. The lowest BCUT2D eigenvalue weighted by Crippen LogP contribution is -1.85. The van der Waals surface area contributed by atoms with Crippen molar-refractivity contribution >= 4 is 23.1 Å². The summed E-state index contributed by atoms with van der Waals surface area (Å²) in [4.78, 5) is 9.14. The van der Waals surface area contributed by atoms with Crippen molar-refractivity contribution < 1.29 is 4.74 Å². The normalized spacial score (nSPS) is 10.9. The highest BCUT2D eigenvalue weighted by Gasteiger charge is 2.08. The third kappa shape index (κ3) is 4.11. The van der Waals surface area contributed by atoms with Crippen molar-refractivity contribution in [2.75, 3.05) is 7.11 Å². The van der Waals surface area contributed by atoms with Crippen molar-refractivity contribution in [3.8, 4) is 17.1 Å². The van der Waals surface area contributed by atoms with Gasteiger partial charge in [0.25, 0.3) is 0 Å². The number of hydrogen-bond acceptors (Lipinski definition) is 6. The highest BCUT2D eigenvalue weighted by molar-refractivity contribution is 7.98. The zero-order valence-corrected chi connectivity index (χ0v) is 14.7. The van der Waals surface area contributed by atoms with E-state index in [-0.39, 0.29) is 0 Å². The molecule has 120 valence electrons. The first-order chi connectivity index (χ1) is 11.3. The standard InChI is InChI=1S/C16H18N4OS2/c1-3-4-14-17-12(9-22-14)10-23-16-18-15(19-20-16)11-5-7-13(21-2)8-6-11/h5-9H,3-4,10H2,1-2H3,(H,18,19,20). The van der Waals surface area contributed by atoms with E-state index in [1.807, 2.05) is 24.3 Å². The van der Waals surface area contributed by atoms with Crippen molar-refractivity contribution in [3.05, 3.63) is 40.3 Å². The minimum atomic E-state index is 0.737. The quantitative estimate of drug-likeness (QED) is 0.650. The van der Waals surface area contributed by atoms with Gasteiger partial charge < -0.3 is 4.74 Å². The second-order valence-corrected chi connectivity index (χ2v) is 6.85. The molecule has 23 heavy (non-hydrogen) atoms. The maximum atomic E-state index is 5.16. The minimum Gasteiger partial charge on any atom is -0.497 e. The Morgan fingerprint density at radius 3 is 2.78 bits per heavy atom. The molecule has 2 heterocycles. The first-order valence-corrected chi connectivity index (χ1v) is 9.28. The van der Waals surface area contributed by atoms with Crippen LogP contribution in [0.15, 0.2) is 34.8 Å². The van der Waals surface area contributed by atoms with E-state index >= 15 is 0 Å². The number of aryl methyl sites for hydroxylation is 1. The van der Waals surface area contributed by atoms with Crippen LogP contribution in [0.4, 0.5) is 0 Å². The molecule has 0 atom stereocenters. The van der Waals surface area contributed by atoms with Crippen molar-refractivity contribution in [1.82, 2.24) is 20.2 Å². The molecule has 0 radical (unpaired) electrons. The topological polar surface area (TPSA) is 63.7 Å². The molecule has 0 amide bonds. The summed E-state index contributed by atoms with van der Waals surface area (Å²) in [6.07, 6.45) is 2.18. The van der Waals surface area contributed by atoms with Gasteiger partial charge in [0.1, 0.15) is 5.75 Å². The Labute approximate surface area is 143 Å². The van der Waals surface area contributed by atoms with Crippen LogP contribution in [-0.4, -0.2) is 27.3 Å². The van der Waals surface area contributed by atoms with E-state index in [1.54, 1.807) is 30.2 Å². The van der Waals surface area contributed by atoms with Crippen molar-refractivity contribution in [2.45, 2.75) is 30.7 Å². The predicted octanol–water partition coefficient (Wildman–Crippen LogP) is 4.18. The number of thioether (sulfide) groups is 1. The van der Waals surface area contributed by atoms with E-state index in [2.05, 4.69) is 32.5 Å². The highest BCUT2D eigenvalue weighted by atomic mass is 32.2. The lowest BCUT2D eigenvalue weighted by atomic mass is 10.2. The summed E-state index contributed by atoms with van der Waals surface area (Å²) < 4.78 is 5.16. The fourth-order valence-electron chi connectivity index (χ4n) is 2.07. The maximum absolute atomic E-state index is 5.16. The SMILES string of the molecule is CCCc1nc(CSc2n[nH]c(-c3ccc(OC)cc3)n2)cs1. The zero-order valence-electron chi connectivity index (χ0n) is 13.1. The number of ether oxygens (including phenoxy) is 1. The van der Waals surface area contributed by atoms with Crippen molar-refractivity contribution in [1.29, 1.82) is 0 Å². The van der Waals surface area contributed by atoms with Crippen LogP contribution in [0.1, 0.15) is 24.0 Å². The Balaban J connectivity index is 1.62. The third-order valence-electron chi connectivity index (χ3n) is 3.24. The largest absolute Gasteiger partial charge is 0.497 e. The number of aromatic amines is 1. The molecule has 0 fully saturated rings. The fraction of sp³-hybridized carbons (Fsp3) is 0.312. The van der Waals surface area contributed by atoms with Gasteiger partial charge in [-0.05, 0) is 37.1 Å². The number of thiazole rings is 1. The molecule has 0 aliphatic rings. The molecule has 7 heteroatoms. The Bertz CT molecular complexity index is 752. The summed E-state index contributed by atoms with van der Waals surface area (Å²) in [5, 5.41) is 11.3. The number of rotatable bonds is 7. The number of methoxy groups -OCH3 is 1. The van der Waals surface area contributed by atoms with Gasteiger partial charge in [-0.1, -0.05) is 18.7 Å². The smallest absolute Gasteiger partial charge is 0.209 e. The molecular weight excluding hydrogens is 328 g/mol. The molecule has 2 aromatic heterocycles. The molecule has 0 spiro atoms. The second-order valence-electron chi connectivity index (χ2n) is 4.97. The van der Waals surface area contributed by atoms with Gasteiger partial charge in [-0.2, -0.15) is 0 Å². The van der Waals surface area contributed by atoms with Crippen molar-refractivity contribution in [3.63, 3.8) is 0 Å². The van der Waals surface area contributed by atoms with Crippen LogP contribution in [0.5, 0.6) is 5.75 Å². The molecule has 1 N–H and O–H groups in total. The van der Waals surface area contributed by atoms with Gasteiger partial charge >= 0.3 is 0 Å². The summed E-state index contributed by atoms with van der Waals surface area (Å²) in [6.45, 7) is 2.17. The van der Waals surface area contributed by atoms with Gasteiger partial charge in [0, 0.05) is 16.7 Å². The van der Waals surface area contributed by atoms with Gasteiger partial charge in [-0.25, -0.2) is 9.97 Å². The summed E-state index contributed by atoms with van der Waals surface area (Å²) in [5.74, 6) is 2.38. The van der Waals surface area contributed by atoms with E-state index in [1.165, 1.54) is 5.01 Å². The Morgan fingerprint density at radius 2 is 2.04 bits per heavy atom. The first kappa shape index (κ1) is 16.0. The lowest BCUT2D eigenvalue weighted by Gasteiger charge is -1.99. The Hall–Kier alpha value is -1.86. The molecule has 3 aromatic rings. The molecule has 0 unspecified atom stereocenters. The minimum absolute atomic E-state index is 0.737. The van der Waals surface area contributed by atoms with Crippen LogP contribution in [0.3, 0.4) is 0 Å². The summed E-state index contributed by atoms with van der Waals surface area (Å²) in [7, 11) is 1.66. The summed E-state index contributed by atoms with van der Waals surface area (Å²) in [6, 6.07) is 7.75. The molecule has 0 saturated carbocycles. The maximum Gasteiger partial charge on any atom is 0.209 e. The van der Waals surface area contributed by atoms with Crippen molar-refractivity contribution in [2.24, 2.45) is 0 Å². The fourth-order valence-corrected chi connectivity index (χ4v) is 3.77. The number of nitrogens with zero attached hydrogens (tertiary/aromatic N) is 3. The zero-order chi connectivity index (χ0) is 16.1. The second kappa shape index (κ2) is 7.61. The first-order valence-electron chi connectivity index (χ1n) is 7.41. The van der Waals surface area contributed by atoms with E-state index in [9.17, 15) is 0 Å². The van der Waals surface area contributed by atoms with E-state index in [0.29, 0.717) is 0 Å². The molecule has 0 aliphatic carbocycles. The average molecular weight is 346 g/mol. The van der Waals surface area contributed by atoms with Gasteiger partial charge in [0.2, 0.25) is 5.16 Å². The van der Waals surface area contributed by atoms with Crippen LogP contribution >= 0.6 is 23.1 Å². The molecule has 3 rings (SSSR count). The summed E-state index contributed by atoms with van der Waals surface area (Å²) >= 11 is 3.32. The van der Waals surface area contributed by atoms with Gasteiger partial charge in [-0.3, -0.25) is 5.10 Å². The molecular formula is C16H18N4OS2. The van der Waals surface area contributed by atoms with Crippen LogP contribution in [0, 0.1) is 0 Å². The van der Waals surface area contributed by atoms with Gasteiger partial charge in [-0.15, -0.1) is 16.4 Å². The average Bonchev–Trinajstić information content (AvgIpc) is 3.23. The van der Waals surface area contributed by atoms with E-state index in [0.717, 1.165) is 46.6 Å². The van der Waals surface area contributed by atoms with Gasteiger partial charge in [0.15, 0.2) is 5.82 Å². The molecule has 5 nitrogen and oxygen atoms in total. The number of aromatic nitrogens is 4. The Morgan fingerprint density at radius 1 is 1.22 bits per heavy atom.